The van der Waals surface area contributed by atoms with Crippen molar-refractivity contribution in [2.45, 2.75) is 25.3 Å². The van der Waals surface area contributed by atoms with Crippen LogP contribution in [0.2, 0.25) is 0 Å². The predicted octanol–water partition coefficient (Wildman–Crippen LogP) is 1.50. The minimum Gasteiger partial charge on any atom is -0.381 e. The number of ether oxygens (including phenoxy) is 1. The maximum atomic E-state index is 5.39. The van der Waals surface area contributed by atoms with Crippen LogP contribution in [-0.2, 0) is 11.8 Å². The molecule has 0 spiro atoms. The Kier molecular flexibility index (Phi) is 3.96. The van der Waals surface area contributed by atoms with Crippen LogP contribution in [0.1, 0.15) is 31.0 Å². The molecular weight excluding hydrogens is 202 g/mol. The van der Waals surface area contributed by atoms with Crippen LogP contribution in [0.4, 0.5) is 0 Å². The van der Waals surface area contributed by atoms with Gasteiger partial charge >= 0.3 is 0 Å². The van der Waals surface area contributed by atoms with E-state index in [4.69, 9.17) is 4.74 Å². The summed E-state index contributed by atoms with van der Waals surface area (Å²) in [5.41, 5.74) is 1.27. The van der Waals surface area contributed by atoms with Gasteiger partial charge in [0.1, 0.15) is 0 Å². The molecule has 4 heteroatoms. The van der Waals surface area contributed by atoms with Crippen LogP contribution in [0, 0.1) is 5.92 Å². The molecule has 0 aliphatic carbocycles. The molecule has 1 aromatic rings. The molecule has 0 saturated carbocycles. The first kappa shape index (κ1) is 11.6. The summed E-state index contributed by atoms with van der Waals surface area (Å²) in [5.74, 6) is 0.779. The summed E-state index contributed by atoms with van der Waals surface area (Å²) in [7, 11) is 4.08. The lowest BCUT2D eigenvalue weighted by Gasteiger charge is -2.26. The van der Waals surface area contributed by atoms with E-state index in [1.165, 1.54) is 25.0 Å². The van der Waals surface area contributed by atoms with Crippen molar-refractivity contribution >= 4 is 0 Å². The second kappa shape index (κ2) is 5.46. The molecule has 1 unspecified atom stereocenters. The van der Waals surface area contributed by atoms with Crippen molar-refractivity contribution in [3.05, 3.63) is 18.2 Å². The topological polar surface area (TPSA) is 39.1 Å². The quantitative estimate of drug-likeness (QED) is 0.840. The van der Waals surface area contributed by atoms with E-state index in [9.17, 15) is 0 Å². The highest BCUT2D eigenvalue weighted by Gasteiger charge is 2.20. The molecule has 0 bridgehead atoms. The lowest BCUT2D eigenvalue weighted by Crippen LogP contribution is -2.25. The van der Waals surface area contributed by atoms with Crippen molar-refractivity contribution in [2.24, 2.45) is 13.0 Å². The van der Waals surface area contributed by atoms with Gasteiger partial charge in [0.15, 0.2) is 0 Å². The minimum absolute atomic E-state index is 0.413. The first-order valence-electron chi connectivity index (χ1n) is 6.02. The van der Waals surface area contributed by atoms with E-state index in [1.807, 2.05) is 19.6 Å². The lowest BCUT2D eigenvalue weighted by atomic mass is 9.91. The van der Waals surface area contributed by atoms with Gasteiger partial charge in [-0.15, -0.1) is 0 Å². The molecule has 2 rings (SSSR count). The third kappa shape index (κ3) is 2.62. The van der Waals surface area contributed by atoms with Crippen LogP contribution in [0.5, 0.6) is 0 Å². The van der Waals surface area contributed by atoms with Gasteiger partial charge in [-0.05, 0) is 32.2 Å². The van der Waals surface area contributed by atoms with Gasteiger partial charge in [-0.2, -0.15) is 0 Å². The zero-order chi connectivity index (χ0) is 11.4. The van der Waals surface area contributed by atoms with Gasteiger partial charge in [-0.25, -0.2) is 4.98 Å². The van der Waals surface area contributed by atoms with Crippen LogP contribution < -0.4 is 5.32 Å². The molecule has 90 valence electrons. The standard InChI is InChI=1S/C12H21N3O/c1-13-11(12-8-14-9-15(12)2)7-10-3-5-16-6-4-10/h8-11,13H,3-7H2,1-2H3. The molecule has 1 aliphatic heterocycles. The van der Waals surface area contributed by atoms with Crippen molar-refractivity contribution < 1.29 is 4.74 Å². The SMILES string of the molecule is CNC(CC1CCOCC1)c1cncn1C. The van der Waals surface area contributed by atoms with Crippen LogP contribution in [0.15, 0.2) is 12.5 Å². The van der Waals surface area contributed by atoms with Gasteiger partial charge < -0.3 is 14.6 Å². The summed E-state index contributed by atoms with van der Waals surface area (Å²) in [6.45, 7) is 1.85. The Morgan fingerprint density at radius 3 is 2.88 bits per heavy atom. The fourth-order valence-corrected chi connectivity index (χ4v) is 2.41. The highest BCUT2D eigenvalue weighted by Crippen LogP contribution is 2.26. The summed E-state index contributed by atoms with van der Waals surface area (Å²) in [6.07, 6.45) is 7.38. The Balaban J connectivity index is 1.97. The van der Waals surface area contributed by atoms with Crippen LogP contribution in [0.25, 0.3) is 0 Å². The van der Waals surface area contributed by atoms with Gasteiger partial charge in [0.05, 0.1) is 12.0 Å². The monoisotopic (exact) mass is 223 g/mol. The zero-order valence-electron chi connectivity index (χ0n) is 10.1. The second-order valence-electron chi connectivity index (χ2n) is 4.56. The molecule has 1 fully saturated rings. The van der Waals surface area contributed by atoms with E-state index in [2.05, 4.69) is 21.9 Å². The summed E-state index contributed by atoms with van der Waals surface area (Å²) >= 11 is 0. The maximum Gasteiger partial charge on any atom is 0.0946 e. The van der Waals surface area contributed by atoms with E-state index < -0.39 is 0 Å². The fraction of sp³-hybridized carbons (Fsp3) is 0.750. The molecule has 1 N–H and O–H groups in total. The number of rotatable bonds is 4. The van der Waals surface area contributed by atoms with Gasteiger partial charge in [-0.1, -0.05) is 0 Å². The number of hydrogen-bond donors (Lipinski definition) is 1. The lowest BCUT2D eigenvalue weighted by molar-refractivity contribution is 0.0605. The van der Waals surface area contributed by atoms with Crippen molar-refractivity contribution in [2.75, 3.05) is 20.3 Å². The zero-order valence-corrected chi connectivity index (χ0v) is 10.1. The molecule has 4 nitrogen and oxygen atoms in total. The first-order valence-corrected chi connectivity index (χ1v) is 6.02. The number of hydrogen-bond acceptors (Lipinski definition) is 3. The Morgan fingerprint density at radius 2 is 2.31 bits per heavy atom. The molecule has 0 radical (unpaired) electrons. The Morgan fingerprint density at radius 1 is 1.56 bits per heavy atom. The van der Waals surface area contributed by atoms with E-state index in [0.717, 1.165) is 19.1 Å². The molecule has 0 amide bonds. The fourth-order valence-electron chi connectivity index (χ4n) is 2.41. The number of imidazole rings is 1. The summed E-state index contributed by atoms with van der Waals surface area (Å²) in [6, 6.07) is 0.413. The first-order chi connectivity index (χ1) is 7.81. The van der Waals surface area contributed by atoms with Crippen molar-refractivity contribution in [1.82, 2.24) is 14.9 Å². The van der Waals surface area contributed by atoms with Crippen LogP contribution in [-0.4, -0.2) is 29.8 Å². The predicted molar refractivity (Wildman–Crippen MR) is 63.2 cm³/mol. The number of aryl methyl sites for hydroxylation is 1. The van der Waals surface area contributed by atoms with Crippen molar-refractivity contribution in [3.63, 3.8) is 0 Å². The molecular formula is C12H21N3O. The average Bonchev–Trinajstić information content (AvgIpc) is 2.74. The molecule has 16 heavy (non-hydrogen) atoms. The number of nitrogens with one attached hydrogen (secondary N) is 1. The third-order valence-corrected chi connectivity index (χ3v) is 3.47. The van der Waals surface area contributed by atoms with E-state index in [1.54, 1.807) is 0 Å². The van der Waals surface area contributed by atoms with Crippen LogP contribution in [0.3, 0.4) is 0 Å². The minimum atomic E-state index is 0.413. The Bertz CT molecular complexity index is 318. The van der Waals surface area contributed by atoms with Crippen LogP contribution >= 0.6 is 0 Å². The van der Waals surface area contributed by atoms with Crippen molar-refractivity contribution in [3.8, 4) is 0 Å². The molecule has 1 aliphatic rings. The summed E-state index contributed by atoms with van der Waals surface area (Å²) in [4.78, 5) is 4.18. The van der Waals surface area contributed by atoms with E-state index in [0.29, 0.717) is 6.04 Å². The van der Waals surface area contributed by atoms with Gasteiger partial charge in [-0.3, -0.25) is 0 Å². The summed E-state index contributed by atoms with van der Waals surface area (Å²) in [5, 5.41) is 3.39. The largest absolute Gasteiger partial charge is 0.381 e. The molecule has 1 aromatic heterocycles. The van der Waals surface area contributed by atoms with E-state index in [-0.39, 0.29) is 0 Å². The van der Waals surface area contributed by atoms with Gasteiger partial charge in [0, 0.05) is 32.5 Å². The Labute approximate surface area is 97.0 Å². The smallest absolute Gasteiger partial charge is 0.0946 e. The molecule has 1 atom stereocenters. The molecule has 2 heterocycles. The van der Waals surface area contributed by atoms with Gasteiger partial charge in [0.25, 0.3) is 0 Å². The Hall–Kier alpha value is -0.870. The average molecular weight is 223 g/mol. The highest BCUT2D eigenvalue weighted by molar-refractivity contribution is 5.04. The van der Waals surface area contributed by atoms with Gasteiger partial charge in [0.2, 0.25) is 0 Å². The van der Waals surface area contributed by atoms with E-state index >= 15 is 0 Å². The maximum absolute atomic E-state index is 5.39. The normalized spacial score (nSPS) is 19.9. The molecule has 0 aromatic carbocycles. The van der Waals surface area contributed by atoms with Crippen molar-refractivity contribution in [1.29, 1.82) is 0 Å². The summed E-state index contributed by atoms with van der Waals surface area (Å²) < 4.78 is 7.49. The molecule has 1 saturated heterocycles. The number of nitrogens with zero attached hydrogens (tertiary/aromatic N) is 2. The second-order valence-corrected chi connectivity index (χ2v) is 4.56. The number of aromatic nitrogens is 2. The highest BCUT2D eigenvalue weighted by atomic mass is 16.5. The third-order valence-electron chi connectivity index (χ3n) is 3.47.